The summed E-state index contributed by atoms with van der Waals surface area (Å²) in [5, 5.41) is 4.52. The Hall–Kier alpha value is -1.75. The van der Waals surface area contributed by atoms with Crippen LogP contribution in [0.4, 0.5) is 0 Å². The van der Waals surface area contributed by atoms with Crippen LogP contribution in [0.5, 0.6) is 0 Å². The van der Waals surface area contributed by atoms with E-state index in [-0.39, 0.29) is 9.77 Å². The minimum atomic E-state index is -3.71. The van der Waals surface area contributed by atoms with Gasteiger partial charge >= 0.3 is 5.97 Å². The molecule has 0 atom stereocenters. The number of hydrogen-bond acceptors (Lipinski definition) is 7. The molecule has 2 aliphatic rings. The first-order chi connectivity index (χ1) is 14.8. The molecule has 4 heterocycles. The topological polar surface area (TPSA) is 84.7 Å². The molecule has 0 amide bonds. The number of aryl methyl sites for hydroxylation is 2. The highest BCUT2D eigenvalue weighted by atomic mass is 32.2. The predicted octanol–water partition coefficient (Wildman–Crippen LogP) is 2.79. The maximum Gasteiger partial charge on any atom is 0.340 e. The third-order valence-electron chi connectivity index (χ3n) is 6.15. The molecular weight excluding hydrogens is 436 g/mol. The van der Waals surface area contributed by atoms with Crippen molar-refractivity contribution in [3.63, 3.8) is 0 Å². The van der Waals surface area contributed by atoms with Crippen molar-refractivity contribution in [2.45, 2.75) is 63.4 Å². The average molecular weight is 467 g/mol. The number of rotatable bonds is 6. The van der Waals surface area contributed by atoms with Crippen LogP contribution in [-0.4, -0.2) is 60.1 Å². The van der Waals surface area contributed by atoms with Crippen LogP contribution in [0.25, 0.3) is 0 Å². The molecule has 4 rings (SSSR count). The second-order valence-electron chi connectivity index (χ2n) is 8.18. The van der Waals surface area contributed by atoms with Crippen LogP contribution < -0.4 is 0 Å². The van der Waals surface area contributed by atoms with Crippen LogP contribution in [-0.2, 0) is 40.8 Å². The minimum Gasteiger partial charge on any atom is -0.465 e. The van der Waals surface area contributed by atoms with Gasteiger partial charge in [-0.3, -0.25) is 9.58 Å². The number of aromatic nitrogens is 2. The van der Waals surface area contributed by atoms with E-state index in [4.69, 9.17) is 4.74 Å². The van der Waals surface area contributed by atoms with Gasteiger partial charge < -0.3 is 4.74 Å². The molecule has 1 saturated heterocycles. The van der Waals surface area contributed by atoms with E-state index in [2.05, 4.69) is 23.1 Å². The highest BCUT2D eigenvalue weighted by molar-refractivity contribution is 7.91. The number of methoxy groups -OCH3 is 1. The molecule has 10 heteroatoms. The Morgan fingerprint density at radius 3 is 2.61 bits per heavy atom. The summed E-state index contributed by atoms with van der Waals surface area (Å²) in [5.41, 5.74) is 3.28. The van der Waals surface area contributed by atoms with Crippen molar-refractivity contribution in [1.82, 2.24) is 19.0 Å². The van der Waals surface area contributed by atoms with Crippen molar-refractivity contribution in [2.24, 2.45) is 0 Å². The van der Waals surface area contributed by atoms with E-state index in [1.54, 1.807) is 0 Å². The van der Waals surface area contributed by atoms with Gasteiger partial charge in [-0.1, -0.05) is 6.42 Å². The number of fused-ring (bicyclic) bond motifs is 1. The maximum absolute atomic E-state index is 13.4. The van der Waals surface area contributed by atoms with Crippen molar-refractivity contribution in [3.05, 3.63) is 33.5 Å². The van der Waals surface area contributed by atoms with Gasteiger partial charge in [0.25, 0.3) is 10.0 Å². The molecule has 0 N–H and O–H groups in total. The third-order valence-corrected chi connectivity index (χ3v) is 9.76. The number of piperidine rings is 1. The summed E-state index contributed by atoms with van der Waals surface area (Å²) in [6.07, 6.45) is 5.46. The van der Waals surface area contributed by atoms with Crippen LogP contribution in [0.15, 0.2) is 10.4 Å². The number of thiophene rings is 1. The second-order valence-corrected chi connectivity index (χ2v) is 11.4. The van der Waals surface area contributed by atoms with Crippen molar-refractivity contribution in [3.8, 4) is 0 Å². The molecule has 0 bridgehead atoms. The van der Waals surface area contributed by atoms with Crippen molar-refractivity contribution < 1.29 is 17.9 Å². The van der Waals surface area contributed by atoms with Gasteiger partial charge in [0, 0.05) is 55.9 Å². The Morgan fingerprint density at radius 2 is 1.97 bits per heavy atom. The molecule has 0 aliphatic carbocycles. The zero-order valence-electron chi connectivity index (χ0n) is 18.4. The van der Waals surface area contributed by atoms with E-state index < -0.39 is 16.0 Å². The quantitative estimate of drug-likeness (QED) is 0.609. The summed E-state index contributed by atoms with van der Waals surface area (Å²) >= 11 is 1.24. The molecule has 2 aliphatic heterocycles. The van der Waals surface area contributed by atoms with Crippen LogP contribution in [0, 0.1) is 6.92 Å². The maximum atomic E-state index is 13.4. The lowest BCUT2D eigenvalue weighted by Crippen LogP contribution is -2.36. The van der Waals surface area contributed by atoms with E-state index in [9.17, 15) is 13.2 Å². The summed E-state index contributed by atoms with van der Waals surface area (Å²) in [4.78, 5) is 15.9. The first kappa shape index (κ1) is 22.4. The molecule has 31 heavy (non-hydrogen) atoms. The monoisotopic (exact) mass is 466 g/mol. The van der Waals surface area contributed by atoms with Crippen LogP contribution >= 0.6 is 11.3 Å². The third kappa shape index (κ3) is 4.30. The van der Waals surface area contributed by atoms with Gasteiger partial charge in [-0.2, -0.15) is 9.40 Å². The van der Waals surface area contributed by atoms with Crippen molar-refractivity contribution in [1.29, 1.82) is 0 Å². The van der Waals surface area contributed by atoms with Gasteiger partial charge in [0.1, 0.15) is 4.21 Å². The van der Waals surface area contributed by atoms with E-state index in [0.29, 0.717) is 26.1 Å². The number of ether oxygens (including phenoxy) is 1. The molecule has 0 radical (unpaired) electrons. The molecule has 0 unspecified atom stereocenters. The highest BCUT2D eigenvalue weighted by Crippen LogP contribution is 2.39. The van der Waals surface area contributed by atoms with Gasteiger partial charge in [-0.25, -0.2) is 13.2 Å². The number of nitrogens with zero attached hydrogens (tertiary/aromatic N) is 4. The van der Waals surface area contributed by atoms with E-state index in [1.807, 2.05) is 11.6 Å². The smallest absolute Gasteiger partial charge is 0.340 e. The molecule has 8 nitrogen and oxygen atoms in total. The van der Waals surface area contributed by atoms with Crippen molar-refractivity contribution in [2.75, 3.05) is 26.7 Å². The SMILES string of the molecule is CCn1cc(CN2CCc3c(sc(S(=O)(=O)N4CCCCC4)c3C(=O)OC)C2)c(C)n1. The number of hydrogen-bond donors (Lipinski definition) is 0. The van der Waals surface area contributed by atoms with Crippen LogP contribution in [0.3, 0.4) is 0 Å². The normalized spacial score (nSPS) is 18.2. The predicted molar refractivity (Wildman–Crippen MR) is 119 cm³/mol. The Bertz CT molecular complexity index is 1070. The Kier molecular flexibility index (Phi) is 6.52. The fourth-order valence-corrected chi connectivity index (χ4v) is 7.98. The average Bonchev–Trinajstić information content (AvgIpc) is 3.34. The molecular formula is C21H30N4O4S2. The summed E-state index contributed by atoms with van der Waals surface area (Å²) in [5.74, 6) is -0.554. The lowest BCUT2D eigenvalue weighted by atomic mass is 10.0. The Labute approximate surface area is 187 Å². The summed E-state index contributed by atoms with van der Waals surface area (Å²) in [6, 6.07) is 0. The highest BCUT2D eigenvalue weighted by Gasteiger charge is 2.37. The molecule has 1 fully saturated rings. The van der Waals surface area contributed by atoms with Gasteiger partial charge in [0.05, 0.1) is 18.4 Å². The Morgan fingerprint density at radius 1 is 1.23 bits per heavy atom. The zero-order chi connectivity index (χ0) is 22.2. The summed E-state index contributed by atoms with van der Waals surface area (Å²) in [6.45, 7) is 8.07. The van der Waals surface area contributed by atoms with Crippen LogP contribution in [0.2, 0.25) is 0 Å². The lowest BCUT2D eigenvalue weighted by molar-refractivity contribution is 0.0595. The molecule has 170 valence electrons. The van der Waals surface area contributed by atoms with Gasteiger partial charge in [-0.15, -0.1) is 11.3 Å². The van der Waals surface area contributed by atoms with Crippen molar-refractivity contribution >= 4 is 27.3 Å². The minimum absolute atomic E-state index is 0.156. The fourth-order valence-electron chi connectivity index (χ4n) is 4.40. The van der Waals surface area contributed by atoms with Gasteiger partial charge in [0.15, 0.2) is 0 Å². The van der Waals surface area contributed by atoms with E-state index in [0.717, 1.165) is 55.0 Å². The number of sulfonamides is 1. The first-order valence-corrected chi connectivity index (χ1v) is 13.1. The summed E-state index contributed by atoms with van der Waals surface area (Å²) < 4.78 is 35.4. The standard InChI is InChI=1S/C21H30N4O4S2/c1-4-24-13-16(15(2)22-24)12-23-11-8-17-18(14-23)30-21(19(17)20(26)29-3)31(27,28)25-9-6-5-7-10-25/h13H,4-12,14H2,1-3H3. The lowest BCUT2D eigenvalue weighted by Gasteiger charge is -2.26. The first-order valence-electron chi connectivity index (χ1n) is 10.8. The molecule has 2 aromatic heterocycles. The number of esters is 1. The zero-order valence-corrected chi connectivity index (χ0v) is 20.0. The van der Waals surface area contributed by atoms with Gasteiger partial charge in [-0.05, 0) is 38.7 Å². The molecule has 0 aromatic carbocycles. The molecule has 0 saturated carbocycles. The second kappa shape index (κ2) is 9.01. The summed E-state index contributed by atoms with van der Waals surface area (Å²) in [7, 11) is -2.39. The molecule has 0 spiro atoms. The van der Waals surface area contributed by atoms with E-state index >= 15 is 0 Å². The fraction of sp³-hybridized carbons (Fsp3) is 0.619. The molecule has 2 aromatic rings. The van der Waals surface area contributed by atoms with Crippen LogP contribution in [0.1, 0.15) is 58.2 Å². The largest absolute Gasteiger partial charge is 0.465 e. The van der Waals surface area contributed by atoms with E-state index in [1.165, 1.54) is 28.3 Å². The number of carbonyl (C=O) groups excluding carboxylic acids is 1. The Balaban J connectivity index is 1.64. The number of carbonyl (C=O) groups is 1. The van der Waals surface area contributed by atoms with Gasteiger partial charge in [0.2, 0.25) is 0 Å².